The summed E-state index contributed by atoms with van der Waals surface area (Å²) in [5, 5.41) is 7.34. The van der Waals surface area contributed by atoms with E-state index < -0.39 is 28.8 Å². The molecule has 3 saturated heterocycles. The first-order valence-corrected chi connectivity index (χ1v) is 20.5. The van der Waals surface area contributed by atoms with Crippen molar-refractivity contribution in [1.82, 2.24) is 29.8 Å². The Labute approximate surface area is 345 Å². The van der Waals surface area contributed by atoms with Gasteiger partial charge in [-0.2, -0.15) is 18.3 Å². The van der Waals surface area contributed by atoms with Gasteiger partial charge < -0.3 is 24.6 Å². The number of nitrogens with zero attached hydrogens (tertiary/aromatic N) is 5. The minimum atomic E-state index is -4.76. The molecule has 0 unspecified atom stereocenters. The molecule has 60 heavy (non-hydrogen) atoms. The number of hydrogen-bond donors (Lipinski definition) is 1. The number of nitrogens with one attached hydrogen (secondary N) is 1. The highest BCUT2D eigenvalue weighted by Crippen LogP contribution is 2.48. The Balaban J connectivity index is 1.07. The molecule has 0 radical (unpaired) electrons. The molecular weight excluding hydrogens is 794 g/mol. The lowest BCUT2D eigenvalue weighted by Crippen LogP contribution is -2.66. The summed E-state index contributed by atoms with van der Waals surface area (Å²) in [6.07, 6.45) is -1.84. The summed E-state index contributed by atoms with van der Waals surface area (Å²) in [4.78, 5) is 46.0. The van der Waals surface area contributed by atoms with E-state index in [0.29, 0.717) is 55.1 Å². The Hall–Kier alpha value is -4.48. The zero-order chi connectivity index (χ0) is 42.9. The fraction of sp³-hybridized carbons (Fsp3) is 0.581. The molecule has 326 valence electrons. The molecule has 11 nitrogen and oxygen atoms in total. The van der Waals surface area contributed by atoms with Crippen molar-refractivity contribution in [3.63, 3.8) is 0 Å². The number of amides is 3. The van der Waals surface area contributed by atoms with Crippen LogP contribution < -0.4 is 5.32 Å². The number of ether oxygens (including phenoxy) is 2. The highest BCUT2D eigenvalue weighted by Gasteiger charge is 2.61. The van der Waals surface area contributed by atoms with Crippen LogP contribution in [0.5, 0.6) is 0 Å². The second-order valence-corrected chi connectivity index (χ2v) is 17.3. The van der Waals surface area contributed by atoms with Crippen LogP contribution in [0.3, 0.4) is 0 Å². The van der Waals surface area contributed by atoms with Gasteiger partial charge in [0.25, 0.3) is 11.8 Å². The van der Waals surface area contributed by atoms with Gasteiger partial charge in [0.2, 0.25) is 11.8 Å². The molecule has 3 amide bonds. The molecule has 17 heteroatoms. The van der Waals surface area contributed by atoms with Gasteiger partial charge in [-0.05, 0) is 61.4 Å². The van der Waals surface area contributed by atoms with Crippen molar-refractivity contribution in [2.24, 2.45) is 16.7 Å². The highest BCUT2D eigenvalue weighted by molar-refractivity contribution is 5.97. The Kier molecular flexibility index (Phi) is 12.7. The first-order valence-electron chi connectivity index (χ1n) is 20.5. The maximum atomic E-state index is 14.2. The van der Waals surface area contributed by atoms with Crippen LogP contribution in [0, 0.1) is 22.6 Å². The standard InChI is InChI=1S/C43H52F6N6O5/c1-40(2,43(47,48)49)39(58)54-27-41(28-54)26-53(38(57)32-20-51-55(22-32)21-29-6-8-34(44)9-7-29)23-33(41)25-60-24-31-4-3-5-35(30-10-12-42(45,46)13-11-30)36(31)37(56)50-14-15-52-16-18-59-19-17-52/h3-9,20,22,30,33H,10-19,21,23-28H2,1-2H3,(H,50,56)/t33-/m0/s1. The first kappa shape index (κ1) is 43.6. The van der Waals surface area contributed by atoms with Gasteiger partial charge in [0.1, 0.15) is 11.2 Å². The molecule has 3 aliphatic heterocycles. The molecule has 1 spiro atoms. The number of carbonyl (C=O) groups excluding carboxylic acids is 3. The molecule has 1 aliphatic carbocycles. The van der Waals surface area contributed by atoms with E-state index in [9.17, 15) is 40.7 Å². The minimum Gasteiger partial charge on any atom is -0.379 e. The number of likely N-dealkylation sites (tertiary alicyclic amines) is 2. The van der Waals surface area contributed by atoms with Crippen molar-refractivity contribution < 1.29 is 50.2 Å². The normalized spacial score (nSPS) is 21.0. The molecule has 4 heterocycles. The van der Waals surface area contributed by atoms with Crippen molar-refractivity contribution in [1.29, 1.82) is 0 Å². The fourth-order valence-corrected chi connectivity index (χ4v) is 8.93. The Morgan fingerprint density at radius 2 is 1.65 bits per heavy atom. The number of carbonyl (C=O) groups is 3. The number of morpholine rings is 1. The van der Waals surface area contributed by atoms with Gasteiger partial charge in [-0.1, -0.05) is 30.3 Å². The van der Waals surface area contributed by atoms with E-state index in [-0.39, 0.29) is 94.5 Å². The van der Waals surface area contributed by atoms with Gasteiger partial charge >= 0.3 is 6.18 Å². The van der Waals surface area contributed by atoms with E-state index in [4.69, 9.17) is 9.47 Å². The SMILES string of the molecule is CC(C)(C(=O)N1CC2(CN(C(=O)c3cnn(Cc4ccc(F)cc4)c3)C[C@H]2COCc2cccc(C3CCC(F)(F)CC3)c2C(=O)NCCN2CCOCC2)C1)C(F)(F)F. The average Bonchev–Trinajstić information content (AvgIpc) is 3.83. The number of aromatic nitrogens is 2. The van der Waals surface area contributed by atoms with Gasteiger partial charge in [-0.15, -0.1) is 0 Å². The smallest absolute Gasteiger partial charge is 0.379 e. The quantitative estimate of drug-likeness (QED) is 0.206. The van der Waals surface area contributed by atoms with Crippen LogP contribution in [0.1, 0.15) is 82.9 Å². The lowest BCUT2D eigenvalue weighted by atomic mass is 9.70. The molecule has 4 fully saturated rings. The van der Waals surface area contributed by atoms with Crippen LogP contribution in [-0.4, -0.2) is 126 Å². The summed E-state index contributed by atoms with van der Waals surface area (Å²) in [6.45, 7) is 6.11. The zero-order valence-corrected chi connectivity index (χ0v) is 33.9. The lowest BCUT2D eigenvalue weighted by molar-refractivity contribution is -0.223. The molecule has 3 aromatic rings. The van der Waals surface area contributed by atoms with Gasteiger partial charge in [-0.25, -0.2) is 13.2 Å². The summed E-state index contributed by atoms with van der Waals surface area (Å²) in [6, 6.07) is 11.3. The topological polar surface area (TPSA) is 109 Å². The third kappa shape index (κ3) is 9.52. The van der Waals surface area contributed by atoms with Crippen LogP contribution in [0.4, 0.5) is 26.3 Å². The molecule has 7 rings (SSSR count). The summed E-state index contributed by atoms with van der Waals surface area (Å²) in [5.74, 6) is -5.48. The Bertz CT molecular complexity index is 2000. The number of alkyl halides is 5. The molecule has 1 N–H and O–H groups in total. The third-order valence-corrected chi connectivity index (χ3v) is 12.7. The lowest BCUT2D eigenvalue weighted by Gasteiger charge is -2.52. The van der Waals surface area contributed by atoms with Gasteiger partial charge in [0.05, 0.1) is 44.7 Å². The zero-order valence-electron chi connectivity index (χ0n) is 33.9. The van der Waals surface area contributed by atoms with Crippen molar-refractivity contribution in [2.75, 3.05) is 72.2 Å². The second kappa shape index (κ2) is 17.5. The number of halogens is 6. The molecule has 1 atom stereocenters. The van der Waals surface area contributed by atoms with Crippen molar-refractivity contribution in [3.05, 3.63) is 88.5 Å². The number of rotatable bonds is 13. The molecular formula is C43H52F6N6O5. The Morgan fingerprint density at radius 3 is 2.33 bits per heavy atom. The van der Waals surface area contributed by atoms with Crippen molar-refractivity contribution in [3.8, 4) is 0 Å². The second-order valence-electron chi connectivity index (χ2n) is 17.3. The molecule has 1 saturated carbocycles. The summed E-state index contributed by atoms with van der Waals surface area (Å²) < 4.78 is 96.9. The summed E-state index contributed by atoms with van der Waals surface area (Å²) in [5.41, 5.74) is -0.653. The highest BCUT2D eigenvalue weighted by atomic mass is 19.4. The predicted octanol–water partition coefficient (Wildman–Crippen LogP) is 6.13. The Morgan fingerprint density at radius 1 is 0.967 bits per heavy atom. The van der Waals surface area contributed by atoms with Gasteiger partial charge in [-0.3, -0.25) is 24.0 Å². The summed E-state index contributed by atoms with van der Waals surface area (Å²) in [7, 11) is 0. The molecule has 4 aliphatic rings. The average molecular weight is 847 g/mol. The van der Waals surface area contributed by atoms with Crippen LogP contribution in [-0.2, 0) is 27.4 Å². The van der Waals surface area contributed by atoms with E-state index in [1.54, 1.807) is 40.0 Å². The van der Waals surface area contributed by atoms with E-state index >= 15 is 0 Å². The largest absolute Gasteiger partial charge is 0.402 e. The number of benzene rings is 2. The fourth-order valence-electron chi connectivity index (χ4n) is 8.93. The van der Waals surface area contributed by atoms with E-state index in [1.165, 1.54) is 23.2 Å². The third-order valence-electron chi connectivity index (χ3n) is 12.7. The van der Waals surface area contributed by atoms with Crippen LogP contribution in [0.25, 0.3) is 0 Å². The molecule has 1 aromatic heterocycles. The van der Waals surface area contributed by atoms with Crippen molar-refractivity contribution >= 4 is 17.7 Å². The minimum absolute atomic E-state index is 0.00836. The van der Waals surface area contributed by atoms with E-state index in [1.807, 2.05) is 6.07 Å². The maximum absolute atomic E-state index is 14.2. The number of hydrogen-bond acceptors (Lipinski definition) is 7. The van der Waals surface area contributed by atoms with Crippen LogP contribution >= 0.6 is 0 Å². The monoisotopic (exact) mass is 846 g/mol. The molecule has 2 aromatic carbocycles. The maximum Gasteiger partial charge on any atom is 0.402 e. The van der Waals surface area contributed by atoms with Crippen LogP contribution in [0.2, 0.25) is 0 Å². The van der Waals surface area contributed by atoms with Crippen LogP contribution in [0.15, 0.2) is 54.9 Å². The van der Waals surface area contributed by atoms with E-state index in [0.717, 1.165) is 32.5 Å². The van der Waals surface area contributed by atoms with Crippen molar-refractivity contribution in [2.45, 2.75) is 70.7 Å². The predicted molar refractivity (Wildman–Crippen MR) is 208 cm³/mol. The van der Waals surface area contributed by atoms with Gasteiger partial charge in [0.15, 0.2) is 0 Å². The summed E-state index contributed by atoms with van der Waals surface area (Å²) >= 11 is 0. The van der Waals surface area contributed by atoms with E-state index in [2.05, 4.69) is 15.3 Å². The van der Waals surface area contributed by atoms with Gasteiger partial charge in [0, 0.05) is 88.3 Å². The molecule has 0 bridgehead atoms. The first-order chi connectivity index (χ1) is 28.4.